The number of hydrogen-bond acceptors (Lipinski definition) is 2. The van der Waals surface area contributed by atoms with Gasteiger partial charge in [-0.25, -0.2) is 0 Å². The third kappa shape index (κ3) is 2.61. The van der Waals surface area contributed by atoms with Crippen LogP contribution >= 0.6 is 11.6 Å². The molecule has 3 nitrogen and oxygen atoms in total. The molecular formula is C10H7ClN2O. The summed E-state index contributed by atoms with van der Waals surface area (Å²) in [4.78, 5) is 10.4. The molecule has 0 aliphatic rings. The molecule has 4 heteroatoms. The van der Waals surface area contributed by atoms with E-state index in [-0.39, 0.29) is 0 Å². The van der Waals surface area contributed by atoms with Crippen LogP contribution in [0.2, 0.25) is 5.02 Å². The molecule has 1 rings (SSSR count). The van der Waals surface area contributed by atoms with Gasteiger partial charge in [-0.2, -0.15) is 5.26 Å². The summed E-state index contributed by atoms with van der Waals surface area (Å²) in [6.07, 6.45) is 2.72. The fourth-order valence-corrected chi connectivity index (χ4v) is 1.15. The fourth-order valence-electron chi connectivity index (χ4n) is 0.904. The summed E-state index contributed by atoms with van der Waals surface area (Å²) in [6.45, 7) is 0. The number of rotatable bonds is 2. The standard InChI is InChI=1S/C10H7ClN2O/c11-9-5-7(6-12)1-2-8(9)3-4-10(13)14/h1-5H,(H2,13,14). The quantitative estimate of drug-likeness (QED) is 0.749. The second kappa shape index (κ2) is 4.45. The molecule has 2 N–H and O–H groups in total. The van der Waals surface area contributed by atoms with Crippen molar-refractivity contribution >= 4 is 23.6 Å². The van der Waals surface area contributed by atoms with E-state index in [9.17, 15) is 4.79 Å². The monoisotopic (exact) mass is 206 g/mol. The van der Waals surface area contributed by atoms with Gasteiger partial charge < -0.3 is 5.73 Å². The number of carbonyl (C=O) groups is 1. The molecule has 70 valence electrons. The van der Waals surface area contributed by atoms with Gasteiger partial charge in [0.25, 0.3) is 0 Å². The maximum Gasteiger partial charge on any atom is 0.241 e. The summed E-state index contributed by atoms with van der Waals surface area (Å²) in [5.41, 5.74) is 6.06. The Hall–Kier alpha value is -1.79. The number of carbonyl (C=O) groups excluding carboxylic acids is 1. The lowest BCUT2D eigenvalue weighted by Gasteiger charge is -1.97. The number of benzene rings is 1. The molecule has 1 aromatic rings. The van der Waals surface area contributed by atoms with E-state index in [4.69, 9.17) is 22.6 Å². The smallest absolute Gasteiger partial charge is 0.241 e. The minimum Gasteiger partial charge on any atom is -0.366 e. The van der Waals surface area contributed by atoms with E-state index in [0.717, 1.165) is 0 Å². The molecule has 0 unspecified atom stereocenters. The number of nitrogens with zero attached hydrogens (tertiary/aromatic N) is 1. The number of primary amides is 1. The summed E-state index contributed by atoms with van der Waals surface area (Å²) in [5.74, 6) is -0.537. The number of hydrogen-bond donors (Lipinski definition) is 1. The van der Waals surface area contributed by atoms with Crippen LogP contribution in [0.15, 0.2) is 24.3 Å². The zero-order chi connectivity index (χ0) is 10.6. The lowest BCUT2D eigenvalue weighted by molar-refractivity contribution is -0.113. The molecule has 0 aromatic heterocycles. The van der Waals surface area contributed by atoms with Gasteiger partial charge in [0.15, 0.2) is 0 Å². The Morgan fingerprint density at radius 2 is 2.29 bits per heavy atom. The molecule has 0 aliphatic carbocycles. The average molecular weight is 207 g/mol. The van der Waals surface area contributed by atoms with E-state index in [1.165, 1.54) is 18.2 Å². The summed E-state index contributed by atoms with van der Waals surface area (Å²) in [5, 5.41) is 8.99. The van der Waals surface area contributed by atoms with Gasteiger partial charge >= 0.3 is 0 Å². The lowest BCUT2D eigenvalue weighted by atomic mass is 10.1. The van der Waals surface area contributed by atoms with Crippen molar-refractivity contribution < 1.29 is 4.79 Å². The summed E-state index contributed by atoms with van der Waals surface area (Å²) < 4.78 is 0. The molecule has 0 saturated heterocycles. The van der Waals surface area contributed by atoms with Crippen LogP contribution in [0.3, 0.4) is 0 Å². The molecule has 14 heavy (non-hydrogen) atoms. The molecule has 0 fully saturated rings. The van der Waals surface area contributed by atoms with E-state index < -0.39 is 5.91 Å². The van der Waals surface area contributed by atoms with Crippen LogP contribution in [-0.2, 0) is 4.79 Å². The number of nitrogens with two attached hydrogens (primary N) is 1. The van der Waals surface area contributed by atoms with Crippen molar-refractivity contribution in [2.45, 2.75) is 0 Å². The highest BCUT2D eigenvalue weighted by Gasteiger charge is 1.98. The SMILES string of the molecule is N#Cc1ccc(C=CC(N)=O)c(Cl)c1. The Labute approximate surface area is 86.4 Å². The van der Waals surface area contributed by atoms with Gasteiger partial charge in [0.05, 0.1) is 11.6 Å². The van der Waals surface area contributed by atoms with Crippen molar-refractivity contribution in [3.05, 3.63) is 40.4 Å². The van der Waals surface area contributed by atoms with Gasteiger partial charge in [-0.15, -0.1) is 0 Å². The summed E-state index contributed by atoms with van der Waals surface area (Å²) in [6, 6.07) is 6.76. The predicted molar refractivity (Wildman–Crippen MR) is 54.4 cm³/mol. The predicted octanol–water partition coefficient (Wildman–Crippen LogP) is 1.71. The highest BCUT2D eigenvalue weighted by atomic mass is 35.5. The van der Waals surface area contributed by atoms with Crippen molar-refractivity contribution in [3.63, 3.8) is 0 Å². The molecule has 0 heterocycles. The Balaban J connectivity index is 3.02. The first kappa shape index (κ1) is 10.3. The number of nitriles is 1. The van der Waals surface area contributed by atoms with E-state index >= 15 is 0 Å². The van der Waals surface area contributed by atoms with Crippen molar-refractivity contribution in [2.75, 3.05) is 0 Å². The van der Waals surface area contributed by atoms with Gasteiger partial charge in [0.1, 0.15) is 0 Å². The van der Waals surface area contributed by atoms with E-state index in [1.54, 1.807) is 12.1 Å². The molecule has 0 saturated carbocycles. The van der Waals surface area contributed by atoms with Gasteiger partial charge in [0.2, 0.25) is 5.91 Å². The fraction of sp³-hybridized carbons (Fsp3) is 0. The van der Waals surface area contributed by atoms with Crippen molar-refractivity contribution in [2.24, 2.45) is 5.73 Å². The Morgan fingerprint density at radius 3 is 2.79 bits per heavy atom. The van der Waals surface area contributed by atoms with Crippen LogP contribution in [-0.4, -0.2) is 5.91 Å². The summed E-state index contributed by atoms with van der Waals surface area (Å²) >= 11 is 5.84. The van der Waals surface area contributed by atoms with Crippen LogP contribution in [0.1, 0.15) is 11.1 Å². The largest absolute Gasteiger partial charge is 0.366 e. The Kier molecular flexibility index (Phi) is 3.27. The Morgan fingerprint density at radius 1 is 1.57 bits per heavy atom. The number of amides is 1. The van der Waals surface area contributed by atoms with Crippen molar-refractivity contribution in [1.82, 2.24) is 0 Å². The molecule has 1 amide bonds. The van der Waals surface area contributed by atoms with Crippen LogP contribution in [0.5, 0.6) is 0 Å². The molecule has 0 bridgehead atoms. The second-order valence-electron chi connectivity index (χ2n) is 2.58. The highest BCUT2D eigenvalue weighted by Crippen LogP contribution is 2.18. The molecule has 0 spiro atoms. The third-order valence-corrected chi connectivity index (χ3v) is 1.88. The van der Waals surface area contributed by atoms with Crippen molar-refractivity contribution in [1.29, 1.82) is 5.26 Å². The minimum absolute atomic E-state index is 0.418. The summed E-state index contributed by atoms with van der Waals surface area (Å²) in [7, 11) is 0. The normalized spacial score (nSPS) is 10.0. The zero-order valence-corrected chi connectivity index (χ0v) is 7.95. The first-order valence-electron chi connectivity index (χ1n) is 3.80. The maximum absolute atomic E-state index is 10.4. The average Bonchev–Trinajstić information content (AvgIpc) is 2.15. The lowest BCUT2D eigenvalue weighted by Crippen LogP contribution is -2.05. The van der Waals surface area contributed by atoms with E-state index in [2.05, 4.69) is 0 Å². The topological polar surface area (TPSA) is 66.9 Å². The van der Waals surface area contributed by atoms with Gasteiger partial charge in [-0.05, 0) is 23.8 Å². The van der Waals surface area contributed by atoms with Gasteiger partial charge in [-0.3, -0.25) is 4.79 Å². The van der Waals surface area contributed by atoms with Gasteiger partial charge in [0, 0.05) is 11.1 Å². The molecular weight excluding hydrogens is 200 g/mol. The molecule has 1 aromatic carbocycles. The molecule has 0 atom stereocenters. The molecule has 0 aliphatic heterocycles. The molecule has 0 radical (unpaired) electrons. The first-order valence-corrected chi connectivity index (χ1v) is 4.18. The number of halogens is 1. The third-order valence-electron chi connectivity index (χ3n) is 1.56. The van der Waals surface area contributed by atoms with Crippen molar-refractivity contribution in [3.8, 4) is 6.07 Å². The van der Waals surface area contributed by atoms with E-state index in [0.29, 0.717) is 16.1 Å². The highest BCUT2D eigenvalue weighted by molar-refractivity contribution is 6.32. The van der Waals surface area contributed by atoms with Crippen LogP contribution < -0.4 is 5.73 Å². The van der Waals surface area contributed by atoms with Crippen LogP contribution in [0.4, 0.5) is 0 Å². The second-order valence-corrected chi connectivity index (χ2v) is 2.99. The van der Waals surface area contributed by atoms with Gasteiger partial charge in [-0.1, -0.05) is 17.7 Å². The minimum atomic E-state index is -0.537. The maximum atomic E-state index is 10.4. The first-order chi connectivity index (χ1) is 6.63. The van der Waals surface area contributed by atoms with Crippen LogP contribution in [0, 0.1) is 11.3 Å². The van der Waals surface area contributed by atoms with E-state index in [1.807, 2.05) is 6.07 Å². The Bertz CT molecular complexity index is 432. The van der Waals surface area contributed by atoms with Crippen LogP contribution in [0.25, 0.3) is 6.08 Å². The zero-order valence-electron chi connectivity index (χ0n) is 7.20.